The van der Waals surface area contributed by atoms with E-state index >= 15 is 0 Å². The van der Waals surface area contributed by atoms with E-state index in [1.165, 1.54) is 12.1 Å². The molecule has 6 nitrogen and oxygen atoms in total. The Morgan fingerprint density at radius 1 is 1.10 bits per heavy atom. The van der Waals surface area contributed by atoms with Gasteiger partial charge in [-0.15, -0.1) is 0 Å². The van der Waals surface area contributed by atoms with Crippen LogP contribution in [0.5, 0.6) is 0 Å². The van der Waals surface area contributed by atoms with Gasteiger partial charge >= 0.3 is 0 Å². The van der Waals surface area contributed by atoms with Gasteiger partial charge in [-0.3, -0.25) is 14.4 Å². The third kappa shape index (κ3) is 4.39. The number of carbonyl (C=O) groups is 3. The molecule has 0 fully saturated rings. The molecule has 0 atom stereocenters. The monoisotopic (exact) mass is 400 g/mol. The van der Waals surface area contributed by atoms with Crippen molar-refractivity contribution in [3.05, 3.63) is 57.8 Å². The van der Waals surface area contributed by atoms with Gasteiger partial charge in [0.15, 0.2) is 11.5 Å². The maximum atomic E-state index is 13.6. The minimum Gasteiger partial charge on any atom is -0.455 e. The largest absolute Gasteiger partial charge is 0.455 e. The highest BCUT2D eigenvalue weighted by molar-refractivity contribution is 6.03. The van der Waals surface area contributed by atoms with Gasteiger partial charge in [0.2, 0.25) is 0 Å². The molecule has 1 heterocycles. The fourth-order valence-corrected chi connectivity index (χ4v) is 3.57. The molecule has 1 aromatic carbocycles. The zero-order valence-electron chi connectivity index (χ0n) is 17.1. The number of rotatable bonds is 5. The topological polar surface area (TPSA) is 88.4 Å². The van der Waals surface area contributed by atoms with Crippen LogP contribution in [0.2, 0.25) is 0 Å². The smallest absolute Gasteiger partial charge is 0.287 e. The number of ketones is 1. The zero-order valence-corrected chi connectivity index (χ0v) is 17.1. The molecule has 2 N–H and O–H groups in total. The van der Waals surface area contributed by atoms with Gasteiger partial charge in [0.1, 0.15) is 11.6 Å². The number of aryl methyl sites for hydroxylation is 1. The first-order chi connectivity index (χ1) is 13.6. The van der Waals surface area contributed by atoms with Crippen LogP contribution in [0.3, 0.4) is 0 Å². The van der Waals surface area contributed by atoms with Gasteiger partial charge in [0, 0.05) is 37.1 Å². The number of benzene rings is 1. The second-order valence-corrected chi connectivity index (χ2v) is 8.27. The molecule has 2 aromatic rings. The molecule has 0 aliphatic heterocycles. The first-order valence-electron chi connectivity index (χ1n) is 9.57. The van der Waals surface area contributed by atoms with E-state index in [0.717, 1.165) is 0 Å². The minimum absolute atomic E-state index is 0.00542. The Hall–Kier alpha value is -2.96. The third-order valence-electron chi connectivity index (χ3n) is 5.11. The summed E-state index contributed by atoms with van der Waals surface area (Å²) < 4.78 is 19.3. The average molecular weight is 400 g/mol. The Morgan fingerprint density at radius 3 is 2.41 bits per heavy atom. The standard InChI is InChI=1S/C22H25FN2O4/c1-12-5-6-14(9-15(12)23)20(27)24-7-8-25-21(28)19-13(2)18-16(26)10-22(3,4)11-17(18)29-19/h5-6,9H,7-8,10-11H2,1-4H3,(H,24,27)(H,25,28). The highest BCUT2D eigenvalue weighted by Gasteiger charge is 2.36. The first-order valence-corrected chi connectivity index (χ1v) is 9.57. The summed E-state index contributed by atoms with van der Waals surface area (Å²) in [7, 11) is 0. The van der Waals surface area contributed by atoms with Crippen LogP contribution < -0.4 is 10.6 Å². The lowest BCUT2D eigenvalue weighted by Crippen LogP contribution is -2.34. The van der Waals surface area contributed by atoms with E-state index in [1.54, 1.807) is 19.9 Å². The Labute approximate surface area is 168 Å². The van der Waals surface area contributed by atoms with Crippen molar-refractivity contribution in [2.75, 3.05) is 13.1 Å². The van der Waals surface area contributed by atoms with Gasteiger partial charge in [-0.25, -0.2) is 4.39 Å². The van der Waals surface area contributed by atoms with Gasteiger partial charge in [-0.2, -0.15) is 0 Å². The number of nitrogens with one attached hydrogen (secondary N) is 2. The Bertz CT molecular complexity index is 991. The Balaban J connectivity index is 1.57. The normalized spacial score (nSPS) is 15.0. The molecule has 29 heavy (non-hydrogen) atoms. The Kier molecular flexibility index (Phi) is 5.59. The molecule has 0 unspecified atom stereocenters. The van der Waals surface area contributed by atoms with Crippen LogP contribution in [0.25, 0.3) is 0 Å². The lowest BCUT2D eigenvalue weighted by molar-refractivity contribution is 0.0888. The highest BCUT2D eigenvalue weighted by atomic mass is 19.1. The predicted molar refractivity (Wildman–Crippen MR) is 106 cm³/mol. The van der Waals surface area contributed by atoms with E-state index in [1.807, 2.05) is 13.8 Å². The van der Waals surface area contributed by atoms with Crippen LogP contribution >= 0.6 is 0 Å². The predicted octanol–water partition coefficient (Wildman–Crippen LogP) is 3.35. The summed E-state index contributed by atoms with van der Waals surface area (Å²) >= 11 is 0. The van der Waals surface area contributed by atoms with Crippen molar-refractivity contribution in [1.29, 1.82) is 0 Å². The van der Waals surface area contributed by atoms with Crippen molar-refractivity contribution < 1.29 is 23.2 Å². The van der Waals surface area contributed by atoms with E-state index in [4.69, 9.17) is 4.42 Å². The lowest BCUT2D eigenvalue weighted by atomic mass is 9.76. The molecular weight excluding hydrogens is 375 g/mol. The van der Waals surface area contributed by atoms with Crippen LogP contribution in [0.15, 0.2) is 22.6 Å². The summed E-state index contributed by atoms with van der Waals surface area (Å²) in [6, 6.07) is 4.26. The van der Waals surface area contributed by atoms with Crippen LogP contribution in [0.4, 0.5) is 4.39 Å². The SMILES string of the molecule is Cc1ccc(C(=O)NCCNC(=O)c2oc3c(c2C)C(=O)CC(C)(C)C3)cc1F. The molecule has 1 aliphatic rings. The minimum atomic E-state index is -0.444. The van der Waals surface area contributed by atoms with Crippen molar-refractivity contribution in [3.8, 4) is 0 Å². The van der Waals surface area contributed by atoms with Crippen molar-refractivity contribution in [1.82, 2.24) is 10.6 Å². The van der Waals surface area contributed by atoms with Crippen LogP contribution in [0, 0.1) is 25.1 Å². The van der Waals surface area contributed by atoms with E-state index < -0.39 is 17.6 Å². The summed E-state index contributed by atoms with van der Waals surface area (Å²) in [5, 5.41) is 5.31. The number of halogens is 1. The summed E-state index contributed by atoms with van der Waals surface area (Å²) in [5.41, 5.74) is 1.56. The maximum absolute atomic E-state index is 13.6. The number of carbonyl (C=O) groups excluding carboxylic acids is 3. The summed E-state index contributed by atoms with van der Waals surface area (Å²) in [6.07, 6.45) is 1.03. The second kappa shape index (κ2) is 7.81. The molecule has 0 spiro atoms. The summed E-state index contributed by atoms with van der Waals surface area (Å²) in [6.45, 7) is 7.66. The number of hydrogen-bond donors (Lipinski definition) is 2. The molecular formula is C22H25FN2O4. The van der Waals surface area contributed by atoms with Crippen molar-refractivity contribution in [2.45, 2.75) is 40.5 Å². The number of hydrogen-bond acceptors (Lipinski definition) is 4. The quantitative estimate of drug-likeness (QED) is 0.754. The molecule has 154 valence electrons. The van der Waals surface area contributed by atoms with Crippen LogP contribution in [0.1, 0.15) is 68.4 Å². The second-order valence-electron chi connectivity index (χ2n) is 8.27. The first kappa shape index (κ1) is 20.8. The van der Waals surface area contributed by atoms with Gasteiger partial charge in [0.25, 0.3) is 11.8 Å². The van der Waals surface area contributed by atoms with Crippen LogP contribution in [-0.4, -0.2) is 30.7 Å². The van der Waals surface area contributed by atoms with Gasteiger partial charge in [0.05, 0.1) is 5.56 Å². The average Bonchev–Trinajstić information content (AvgIpc) is 2.96. The Morgan fingerprint density at radius 2 is 1.76 bits per heavy atom. The molecule has 1 aromatic heterocycles. The fourth-order valence-electron chi connectivity index (χ4n) is 3.57. The van der Waals surface area contributed by atoms with Gasteiger partial charge in [-0.1, -0.05) is 19.9 Å². The third-order valence-corrected chi connectivity index (χ3v) is 5.11. The van der Waals surface area contributed by atoms with E-state index in [2.05, 4.69) is 10.6 Å². The van der Waals surface area contributed by atoms with E-state index in [0.29, 0.717) is 35.3 Å². The highest BCUT2D eigenvalue weighted by Crippen LogP contribution is 2.38. The lowest BCUT2D eigenvalue weighted by Gasteiger charge is -2.27. The zero-order chi connectivity index (χ0) is 21.3. The molecule has 1 aliphatic carbocycles. The van der Waals surface area contributed by atoms with Crippen LogP contribution in [-0.2, 0) is 6.42 Å². The molecule has 0 bridgehead atoms. The summed E-state index contributed by atoms with van der Waals surface area (Å²) in [4.78, 5) is 36.9. The molecule has 3 rings (SSSR count). The number of amides is 2. The maximum Gasteiger partial charge on any atom is 0.287 e. The summed E-state index contributed by atoms with van der Waals surface area (Å²) in [5.74, 6) is -0.611. The molecule has 7 heteroatoms. The molecule has 2 amide bonds. The number of furan rings is 1. The van der Waals surface area contributed by atoms with Gasteiger partial charge < -0.3 is 15.1 Å². The van der Waals surface area contributed by atoms with Crippen molar-refractivity contribution >= 4 is 17.6 Å². The van der Waals surface area contributed by atoms with Crippen molar-refractivity contribution in [3.63, 3.8) is 0 Å². The van der Waals surface area contributed by atoms with E-state index in [-0.39, 0.29) is 35.6 Å². The molecule has 0 radical (unpaired) electrons. The van der Waals surface area contributed by atoms with Gasteiger partial charge in [-0.05, 0) is 37.0 Å². The molecule has 0 saturated carbocycles. The van der Waals surface area contributed by atoms with E-state index in [9.17, 15) is 18.8 Å². The molecule has 0 saturated heterocycles. The number of Topliss-reactive ketones (excluding diaryl/α,β-unsaturated/α-hetero) is 1. The fraction of sp³-hybridized carbons (Fsp3) is 0.409. The van der Waals surface area contributed by atoms with Crippen molar-refractivity contribution in [2.24, 2.45) is 5.41 Å². The number of fused-ring (bicyclic) bond motifs is 1.